The second-order valence-corrected chi connectivity index (χ2v) is 8.61. The van der Waals surface area contributed by atoms with E-state index in [4.69, 9.17) is 46.1 Å². The molecule has 0 spiro atoms. The SMILES string of the molecule is COCCCN1CCC(NC(=O)c2cc(Cl)c(N)c3c2OCC3)CC1.O=P(O)(O)O. The Morgan fingerprint density at radius 1 is 1.40 bits per heavy atom. The molecule has 1 saturated heterocycles. The molecular formula is C18H29ClN3O7P. The van der Waals surface area contributed by atoms with Crippen LogP contribution >= 0.6 is 19.4 Å². The molecule has 2 heterocycles. The molecule has 0 bridgehead atoms. The van der Waals surface area contributed by atoms with Crippen LogP contribution in [0.15, 0.2) is 6.07 Å². The first kappa shape index (κ1) is 24.9. The largest absolute Gasteiger partial charge is 0.492 e. The van der Waals surface area contributed by atoms with Crippen LogP contribution < -0.4 is 15.8 Å². The van der Waals surface area contributed by atoms with E-state index in [-0.39, 0.29) is 11.9 Å². The third-order valence-electron chi connectivity index (χ3n) is 4.96. The maximum Gasteiger partial charge on any atom is 0.466 e. The van der Waals surface area contributed by atoms with Gasteiger partial charge in [0, 0.05) is 51.4 Å². The Balaban J connectivity index is 0.000000575. The van der Waals surface area contributed by atoms with Crippen LogP contribution in [0.25, 0.3) is 0 Å². The lowest BCUT2D eigenvalue weighted by atomic mass is 10.0. The van der Waals surface area contributed by atoms with E-state index in [1.165, 1.54) is 0 Å². The number of methoxy groups -OCH3 is 1. The molecule has 2 aliphatic rings. The van der Waals surface area contributed by atoms with Crippen molar-refractivity contribution >= 4 is 31.0 Å². The highest BCUT2D eigenvalue weighted by molar-refractivity contribution is 7.45. The van der Waals surface area contributed by atoms with Crippen molar-refractivity contribution in [2.45, 2.75) is 31.7 Å². The van der Waals surface area contributed by atoms with E-state index in [1.54, 1.807) is 13.2 Å². The Bertz CT molecular complexity index is 773. The number of rotatable bonds is 6. The van der Waals surface area contributed by atoms with Crippen LogP contribution in [0, 0.1) is 0 Å². The van der Waals surface area contributed by atoms with E-state index in [0.717, 1.165) is 51.1 Å². The lowest BCUT2D eigenvalue weighted by Gasteiger charge is -2.32. The van der Waals surface area contributed by atoms with Crippen molar-refractivity contribution < 1.29 is 33.5 Å². The smallest absolute Gasteiger partial charge is 0.466 e. The van der Waals surface area contributed by atoms with Gasteiger partial charge in [-0.3, -0.25) is 4.79 Å². The van der Waals surface area contributed by atoms with Gasteiger partial charge in [0.1, 0.15) is 5.75 Å². The average molecular weight is 466 g/mol. The molecular weight excluding hydrogens is 437 g/mol. The fraction of sp³-hybridized carbons (Fsp3) is 0.611. The van der Waals surface area contributed by atoms with Crippen LogP contribution in [-0.2, 0) is 15.7 Å². The number of nitrogens with one attached hydrogen (secondary N) is 1. The number of ether oxygens (including phenoxy) is 2. The van der Waals surface area contributed by atoms with Gasteiger partial charge in [-0.2, -0.15) is 0 Å². The topological polar surface area (TPSA) is 155 Å². The number of hydrogen-bond acceptors (Lipinski definition) is 6. The van der Waals surface area contributed by atoms with Gasteiger partial charge < -0.3 is 40.1 Å². The summed E-state index contributed by atoms with van der Waals surface area (Å²) in [6, 6.07) is 1.80. The summed E-state index contributed by atoms with van der Waals surface area (Å²) in [6.45, 7) is 4.36. The van der Waals surface area contributed by atoms with Gasteiger partial charge in [0.05, 0.1) is 22.9 Å². The normalized spacial score (nSPS) is 17.0. The maximum atomic E-state index is 12.7. The molecule has 12 heteroatoms. The highest BCUT2D eigenvalue weighted by Gasteiger charge is 2.27. The molecule has 30 heavy (non-hydrogen) atoms. The molecule has 10 nitrogen and oxygen atoms in total. The van der Waals surface area contributed by atoms with E-state index in [9.17, 15) is 4.79 Å². The van der Waals surface area contributed by atoms with Crippen molar-refractivity contribution in [3.8, 4) is 5.75 Å². The number of phosphoric acid groups is 1. The Kier molecular flexibility index (Phi) is 9.36. The molecule has 2 aliphatic heterocycles. The number of nitrogen functional groups attached to an aromatic ring is 1. The fourth-order valence-corrected chi connectivity index (χ4v) is 3.76. The van der Waals surface area contributed by atoms with Crippen LogP contribution in [0.1, 0.15) is 35.2 Å². The third kappa shape index (κ3) is 7.70. The number of benzene rings is 1. The number of amides is 1. The van der Waals surface area contributed by atoms with Crippen molar-refractivity contribution in [2.24, 2.45) is 0 Å². The molecule has 1 aromatic rings. The molecule has 0 saturated carbocycles. The number of halogens is 1. The zero-order valence-electron chi connectivity index (χ0n) is 16.8. The van der Waals surface area contributed by atoms with Gasteiger partial charge in [-0.15, -0.1) is 0 Å². The summed E-state index contributed by atoms with van der Waals surface area (Å²) in [5, 5.41) is 3.55. The van der Waals surface area contributed by atoms with Crippen LogP contribution in [0.3, 0.4) is 0 Å². The lowest BCUT2D eigenvalue weighted by Crippen LogP contribution is -2.45. The monoisotopic (exact) mass is 465 g/mol. The first-order valence-electron chi connectivity index (χ1n) is 9.64. The summed E-state index contributed by atoms with van der Waals surface area (Å²) in [6.07, 6.45) is 3.64. The van der Waals surface area contributed by atoms with E-state index in [0.29, 0.717) is 35.1 Å². The predicted octanol–water partition coefficient (Wildman–Crippen LogP) is 1.16. The first-order chi connectivity index (χ1) is 14.1. The van der Waals surface area contributed by atoms with E-state index in [2.05, 4.69) is 10.2 Å². The third-order valence-corrected chi connectivity index (χ3v) is 5.27. The number of hydrogen-bond donors (Lipinski definition) is 5. The second-order valence-electron chi connectivity index (χ2n) is 7.17. The Morgan fingerprint density at radius 3 is 2.63 bits per heavy atom. The standard InChI is InChI=1S/C18H26ClN3O3.H3O4P/c1-24-9-2-6-22-7-3-12(4-8-22)21-18(23)14-11-15(19)16(20)13-5-10-25-17(13)14;1-5(2,3)4/h11-12H,2-10,20H2,1H3,(H,21,23);(H3,1,2,3,4). The summed E-state index contributed by atoms with van der Waals surface area (Å²) in [5.41, 5.74) is 7.86. The van der Waals surface area contributed by atoms with Gasteiger partial charge in [-0.1, -0.05) is 11.6 Å². The molecule has 1 fully saturated rings. The minimum Gasteiger partial charge on any atom is -0.492 e. The average Bonchev–Trinajstić information content (AvgIpc) is 3.15. The number of piperidine rings is 1. The van der Waals surface area contributed by atoms with Crippen LogP contribution in [-0.4, -0.2) is 71.5 Å². The van der Waals surface area contributed by atoms with Gasteiger partial charge in [0.25, 0.3) is 5.91 Å². The molecule has 0 aromatic heterocycles. The number of anilines is 1. The highest BCUT2D eigenvalue weighted by Crippen LogP contribution is 2.38. The van der Waals surface area contributed by atoms with Gasteiger partial charge >= 0.3 is 7.82 Å². The molecule has 3 rings (SSSR count). The Morgan fingerprint density at radius 2 is 2.03 bits per heavy atom. The summed E-state index contributed by atoms with van der Waals surface area (Å²) < 4.78 is 19.6. The molecule has 1 aromatic carbocycles. The van der Waals surface area contributed by atoms with E-state index < -0.39 is 7.82 Å². The number of carbonyl (C=O) groups is 1. The molecule has 6 N–H and O–H groups in total. The van der Waals surface area contributed by atoms with E-state index >= 15 is 0 Å². The summed E-state index contributed by atoms with van der Waals surface area (Å²) >= 11 is 6.19. The molecule has 0 atom stereocenters. The number of likely N-dealkylation sites (tertiary alicyclic amines) is 1. The number of nitrogens with zero attached hydrogens (tertiary/aromatic N) is 1. The van der Waals surface area contributed by atoms with Crippen molar-refractivity contribution in [2.75, 3.05) is 45.7 Å². The van der Waals surface area contributed by atoms with E-state index in [1.807, 2.05) is 0 Å². The molecule has 0 unspecified atom stereocenters. The zero-order chi connectivity index (χ0) is 22.3. The summed E-state index contributed by atoms with van der Waals surface area (Å²) in [7, 11) is -2.91. The second kappa shape index (κ2) is 11.3. The molecule has 0 aliphatic carbocycles. The summed E-state index contributed by atoms with van der Waals surface area (Å²) in [4.78, 5) is 36.7. The maximum absolute atomic E-state index is 12.7. The van der Waals surface area contributed by atoms with Crippen molar-refractivity contribution in [1.82, 2.24) is 10.2 Å². The van der Waals surface area contributed by atoms with Crippen LogP contribution in [0.4, 0.5) is 5.69 Å². The fourth-order valence-electron chi connectivity index (χ4n) is 3.53. The van der Waals surface area contributed by atoms with Crippen molar-refractivity contribution in [1.29, 1.82) is 0 Å². The quantitative estimate of drug-likeness (QED) is 0.236. The highest BCUT2D eigenvalue weighted by atomic mass is 35.5. The number of carbonyl (C=O) groups excluding carboxylic acids is 1. The van der Waals surface area contributed by atoms with Crippen LogP contribution in [0.5, 0.6) is 5.75 Å². The van der Waals surface area contributed by atoms with Gasteiger partial charge in [-0.05, 0) is 25.3 Å². The first-order valence-corrected chi connectivity index (χ1v) is 11.6. The molecule has 170 valence electrons. The van der Waals surface area contributed by atoms with Crippen molar-refractivity contribution in [3.05, 3.63) is 22.2 Å². The Labute approximate surface area is 180 Å². The molecule has 0 radical (unpaired) electrons. The van der Waals surface area contributed by atoms with Gasteiger partial charge in [-0.25, -0.2) is 4.57 Å². The zero-order valence-corrected chi connectivity index (χ0v) is 18.5. The number of fused-ring (bicyclic) bond motifs is 1. The van der Waals surface area contributed by atoms with Crippen LogP contribution in [0.2, 0.25) is 5.02 Å². The Hall–Kier alpha value is -1.39. The predicted molar refractivity (Wildman–Crippen MR) is 113 cm³/mol. The van der Waals surface area contributed by atoms with Gasteiger partial charge in [0.2, 0.25) is 0 Å². The minimum absolute atomic E-state index is 0.127. The van der Waals surface area contributed by atoms with Crippen molar-refractivity contribution in [3.63, 3.8) is 0 Å². The number of nitrogens with two attached hydrogens (primary N) is 1. The lowest BCUT2D eigenvalue weighted by molar-refractivity contribution is 0.0904. The summed E-state index contributed by atoms with van der Waals surface area (Å²) in [5.74, 6) is 0.467. The minimum atomic E-state index is -4.64. The molecule has 1 amide bonds. The van der Waals surface area contributed by atoms with Gasteiger partial charge in [0.15, 0.2) is 0 Å².